The fourth-order valence-corrected chi connectivity index (χ4v) is 2.70. The van der Waals surface area contributed by atoms with E-state index in [1.54, 1.807) is 25.1 Å². The Morgan fingerprint density at radius 2 is 1.85 bits per heavy atom. The lowest BCUT2D eigenvalue weighted by Crippen LogP contribution is -2.12. The molecule has 0 unspecified atom stereocenters. The van der Waals surface area contributed by atoms with E-state index in [1.807, 2.05) is 12.1 Å². The molecule has 2 N–H and O–H groups in total. The van der Waals surface area contributed by atoms with Gasteiger partial charge in [0.05, 0.1) is 11.5 Å². The molecule has 0 aliphatic heterocycles. The largest absolute Gasteiger partial charge is 0.492 e. The molecule has 20 heavy (non-hydrogen) atoms. The Morgan fingerprint density at radius 3 is 2.50 bits per heavy atom. The quantitative estimate of drug-likeness (QED) is 0.693. The van der Waals surface area contributed by atoms with Gasteiger partial charge in [0, 0.05) is 17.2 Å². The molecule has 0 aromatic heterocycles. The second-order valence-corrected chi connectivity index (χ2v) is 5.71. The average molecular weight is 289 g/mol. The van der Waals surface area contributed by atoms with Gasteiger partial charge in [0.15, 0.2) is 0 Å². The van der Waals surface area contributed by atoms with Gasteiger partial charge < -0.3 is 4.74 Å². The van der Waals surface area contributed by atoms with Crippen LogP contribution in [0, 0.1) is 11.8 Å². The number of nitrogens with two attached hydrogens (primary N) is 1. The van der Waals surface area contributed by atoms with Gasteiger partial charge in [-0.1, -0.05) is 24.3 Å². The van der Waals surface area contributed by atoms with E-state index in [1.165, 1.54) is 6.07 Å². The first-order chi connectivity index (χ1) is 9.54. The monoisotopic (exact) mass is 289 g/mol. The van der Waals surface area contributed by atoms with Crippen LogP contribution in [-0.2, 0) is 10.0 Å². The number of ether oxygens (including phenoxy) is 1. The number of fused-ring (bicyclic) bond motifs is 1. The first-order valence-corrected chi connectivity index (χ1v) is 7.65. The molecular formula is C15H15NO3S. The van der Waals surface area contributed by atoms with Crippen molar-refractivity contribution >= 4 is 20.8 Å². The molecule has 0 saturated heterocycles. The maximum absolute atomic E-state index is 11.6. The van der Waals surface area contributed by atoms with Crippen molar-refractivity contribution in [2.45, 2.75) is 18.2 Å². The van der Waals surface area contributed by atoms with Crippen LogP contribution in [0.1, 0.15) is 13.3 Å². The number of rotatable bonds is 4. The van der Waals surface area contributed by atoms with Gasteiger partial charge in [-0.2, -0.15) is 0 Å². The topological polar surface area (TPSA) is 69.4 Å². The fourth-order valence-electron chi connectivity index (χ4n) is 1.95. The summed E-state index contributed by atoms with van der Waals surface area (Å²) in [6.45, 7) is 2.23. The summed E-state index contributed by atoms with van der Waals surface area (Å²) in [5.41, 5.74) is 0. The Labute approximate surface area is 118 Å². The highest BCUT2D eigenvalue weighted by atomic mass is 32.2. The molecule has 0 saturated carbocycles. The summed E-state index contributed by atoms with van der Waals surface area (Å²) in [6, 6.07) is 10.2. The van der Waals surface area contributed by atoms with E-state index in [0.29, 0.717) is 24.2 Å². The first kappa shape index (κ1) is 14.4. The van der Waals surface area contributed by atoms with Gasteiger partial charge in [-0.25, -0.2) is 13.6 Å². The number of sulfonamides is 1. The second-order valence-electron chi connectivity index (χ2n) is 4.18. The fraction of sp³-hybridized carbons (Fsp3) is 0.200. The SMILES string of the molecule is CC#CCCOc1ccc(S(N)(=O)=O)c2ccccc12. The van der Waals surface area contributed by atoms with Gasteiger partial charge in [0.25, 0.3) is 0 Å². The third kappa shape index (κ3) is 3.10. The minimum absolute atomic E-state index is 0.105. The molecule has 0 aliphatic rings. The maximum Gasteiger partial charge on any atom is 0.238 e. The maximum atomic E-state index is 11.6. The van der Waals surface area contributed by atoms with Crippen molar-refractivity contribution in [1.29, 1.82) is 0 Å². The molecule has 104 valence electrons. The molecule has 0 fully saturated rings. The van der Waals surface area contributed by atoms with Crippen molar-refractivity contribution in [3.63, 3.8) is 0 Å². The van der Waals surface area contributed by atoms with Crippen molar-refractivity contribution in [3.8, 4) is 17.6 Å². The van der Waals surface area contributed by atoms with Crippen molar-refractivity contribution in [2.24, 2.45) is 5.14 Å². The zero-order chi connectivity index (χ0) is 14.6. The molecule has 0 radical (unpaired) electrons. The summed E-state index contributed by atoms with van der Waals surface area (Å²) in [6.07, 6.45) is 0.627. The highest BCUT2D eigenvalue weighted by Gasteiger charge is 2.14. The molecular weight excluding hydrogens is 274 g/mol. The summed E-state index contributed by atoms with van der Waals surface area (Å²) in [7, 11) is -3.75. The molecule has 0 atom stereocenters. The van der Waals surface area contributed by atoms with Crippen molar-refractivity contribution < 1.29 is 13.2 Å². The van der Waals surface area contributed by atoms with Crippen LogP contribution in [0.25, 0.3) is 10.8 Å². The van der Waals surface area contributed by atoms with E-state index in [0.717, 1.165) is 5.39 Å². The molecule has 0 bridgehead atoms. The van der Waals surface area contributed by atoms with Crippen LogP contribution < -0.4 is 9.88 Å². The molecule has 0 aliphatic carbocycles. The van der Waals surface area contributed by atoms with Crippen molar-refractivity contribution in [3.05, 3.63) is 36.4 Å². The first-order valence-electron chi connectivity index (χ1n) is 6.11. The van der Waals surface area contributed by atoms with Crippen LogP contribution in [0.2, 0.25) is 0 Å². The normalized spacial score (nSPS) is 10.9. The summed E-state index contributed by atoms with van der Waals surface area (Å²) in [5.74, 6) is 6.34. The lowest BCUT2D eigenvalue weighted by molar-refractivity contribution is 0.331. The molecule has 5 heteroatoms. The molecule has 4 nitrogen and oxygen atoms in total. The van der Waals surface area contributed by atoms with Crippen molar-refractivity contribution in [1.82, 2.24) is 0 Å². The van der Waals surface area contributed by atoms with Crippen LogP contribution in [0.3, 0.4) is 0 Å². The molecule has 0 spiro atoms. The van der Waals surface area contributed by atoms with Crippen LogP contribution in [0.5, 0.6) is 5.75 Å². The zero-order valence-corrected chi connectivity index (χ0v) is 11.9. The molecule has 2 aromatic carbocycles. The summed E-state index contributed by atoms with van der Waals surface area (Å²) in [4.78, 5) is 0.105. The van der Waals surface area contributed by atoms with Gasteiger partial charge >= 0.3 is 0 Å². The molecule has 0 heterocycles. The van der Waals surface area contributed by atoms with Crippen molar-refractivity contribution in [2.75, 3.05) is 6.61 Å². The molecule has 2 rings (SSSR count). The van der Waals surface area contributed by atoms with Gasteiger partial charge in [-0.3, -0.25) is 0 Å². The van der Waals surface area contributed by atoms with Gasteiger partial charge in [-0.05, 0) is 19.1 Å². The minimum Gasteiger partial charge on any atom is -0.492 e. The summed E-state index contributed by atoms with van der Waals surface area (Å²) < 4.78 is 28.8. The third-order valence-corrected chi connectivity index (χ3v) is 3.78. The Kier molecular flexibility index (Phi) is 4.28. The van der Waals surface area contributed by atoms with E-state index < -0.39 is 10.0 Å². The Balaban J connectivity index is 2.45. The number of hydrogen-bond acceptors (Lipinski definition) is 3. The molecule has 2 aromatic rings. The third-order valence-electron chi connectivity index (χ3n) is 2.81. The van der Waals surface area contributed by atoms with E-state index >= 15 is 0 Å². The van der Waals surface area contributed by atoms with Crippen LogP contribution in [0.4, 0.5) is 0 Å². The highest BCUT2D eigenvalue weighted by molar-refractivity contribution is 7.89. The standard InChI is InChI=1S/C15H15NO3S/c1-2-3-6-11-19-14-9-10-15(20(16,17)18)13-8-5-4-7-12(13)14/h4-5,7-10H,6,11H2,1H3,(H2,16,17,18). The number of hydrogen-bond donors (Lipinski definition) is 1. The van der Waals surface area contributed by atoms with Gasteiger partial charge in [0.2, 0.25) is 10.0 Å². The van der Waals surface area contributed by atoms with E-state index in [4.69, 9.17) is 9.88 Å². The number of primary sulfonamides is 1. The second kappa shape index (κ2) is 5.95. The van der Waals surface area contributed by atoms with Crippen LogP contribution in [-0.4, -0.2) is 15.0 Å². The predicted octanol–water partition coefficient (Wildman–Crippen LogP) is 2.28. The van der Waals surface area contributed by atoms with E-state index in [-0.39, 0.29) is 4.90 Å². The van der Waals surface area contributed by atoms with E-state index in [2.05, 4.69) is 11.8 Å². The van der Waals surface area contributed by atoms with Crippen LogP contribution >= 0.6 is 0 Å². The Morgan fingerprint density at radius 1 is 1.15 bits per heavy atom. The highest BCUT2D eigenvalue weighted by Crippen LogP contribution is 2.30. The number of benzene rings is 2. The Hall–Kier alpha value is -2.03. The van der Waals surface area contributed by atoms with Gasteiger partial charge in [0.1, 0.15) is 5.75 Å². The predicted molar refractivity (Wildman–Crippen MR) is 78.9 cm³/mol. The minimum atomic E-state index is -3.75. The van der Waals surface area contributed by atoms with Gasteiger partial charge in [-0.15, -0.1) is 11.8 Å². The Bertz CT molecular complexity index is 786. The lowest BCUT2D eigenvalue weighted by atomic mass is 10.1. The van der Waals surface area contributed by atoms with Crippen LogP contribution in [0.15, 0.2) is 41.3 Å². The van der Waals surface area contributed by atoms with E-state index in [9.17, 15) is 8.42 Å². The summed E-state index contributed by atoms with van der Waals surface area (Å²) in [5, 5.41) is 6.52. The average Bonchev–Trinajstić information content (AvgIpc) is 2.42. The lowest BCUT2D eigenvalue weighted by Gasteiger charge is -2.10. The molecule has 0 amide bonds. The summed E-state index contributed by atoms with van der Waals surface area (Å²) >= 11 is 0. The smallest absolute Gasteiger partial charge is 0.238 e. The zero-order valence-electron chi connectivity index (χ0n) is 11.1.